The highest BCUT2D eigenvalue weighted by atomic mass is 16.4. The van der Waals surface area contributed by atoms with Gasteiger partial charge in [-0.3, -0.25) is 9.59 Å². The summed E-state index contributed by atoms with van der Waals surface area (Å²) in [5.74, 6) is -1.90. The van der Waals surface area contributed by atoms with Crippen molar-refractivity contribution in [3.8, 4) is 0 Å². The molecular formula is C16H19N3O4. The van der Waals surface area contributed by atoms with Crippen LogP contribution in [0.2, 0.25) is 0 Å². The van der Waals surface area contributed by atoms with Gasteiger partial charge in [-0.1, -0.05) is 29.3 Å². The molecule has 0 radical (unpaired) electrons. The van der Waals surface area contributed by atoms with Crippen molar-refractivity contribution in [1.82, 2.24) is 10.3 Å². The molecule has 2 rings (SSSR count). The fourth-order valence-electron chi connectivity index (χ4n) is 2.51. The summed E-state index contributed by atoms with van der Waals surface area (Å²) in [5, 5.41) is 16.9. The van der Waals surface area contributed by atoms with Crippen molar-refractivity contribution in [1.29, 1.82) is 0 Å². The zero-order valence-electron chi connectivity index (χ0n) is 13.3. The summed E-state index contributed by atoms with van der Waals surface area (Å²) in [6.07, 6.45) is 0.387. The lowest BCUT2D eigenvalue weighted by molar-refractivity contribution is -0.141. The van der Waals surface area contributed by atoms with E-state index in [1.807, 2.05) is 19.9 Å². The Hall–Kier alpha value is -2.70. The Balaban J connectivity index is 2.23. The predicted octanol–water partition coefficient (Wildman–Crippen LogP) is 1.15. The maximum absolute atomic E-state index is 12.3. The number of hydrazone groups is 1. The molecule has 23 heavy (non-hydrogen) atoms. The molecule has 2 N–H and O–H groups in total. The van der Waals surface area contributed by atoms with Gasteiger partial charge in [-0.15, -0.1) is 0 Å². The van der Waals surface area contributed by atoms with Crippen LogP contribution in [0.3, 0.4) is 0 Å². The Labute approximate surface area is 134 Å². The Kier molecular flexibility index (Phi) is 4.78. The summed E-state index contributed by atoms with van der Waals surface area (Å²) in [4.78, 5) is 35.2. The number of nitrogens with zero attached hydrogens (tertiary/aromatic N) is 2. The van der Waals surface area contributed by atoms with Gasteiger partial charge in [0.15, 0.2) is 6.04 Å². The fourth-order valence-corrected chi connectivity index (χ4v) is 2.51. The van der Waals surface area contributed by atoms with Gasteiger partial charge in [0.2, 0.25) is 5.91 Å². The molecule has 0 bridgehead atoms. The van der Waals surface area contributed by atoms with Crippen LogP contribution in [-0.4, -0.2) is 40.7 Å². The van der Waals surface area contributed by atoms with E-state index in [2.05, 4.69) is 10.4 Å². The van der Waals surface area contributed by atoms with Crippen LogP contribution in [0, 0.1) is 13.8 Å². The first kappa shape index (κ1) is 16.7. The molecule has 1 aromatic carbocycles. The van der Waals surface area contributed by atoms with E-state index in [0.717, 1.165) is 16.1 Å². The maximum atomic E-state index is 12.3. The number of aliphatic carboxylic acids is 1. The number of nitrogens with one attached hydrogen (secondary N) is 1. The van der Waals surface area contributed by atoms with Crippen molar-refractivity contribution in [2.45, 2.75) is 32.7 Å². The van der Waals surface area contributed by atoms with Gasteiger partial charge in [0.25, 0.3) is 5.91 Å². The minimum absolute atomic E-state index is 0.155. The van der Waals surface area contributed by atoms with Crippen molar-refractivity contribution in [3.05, 3.63) is 34.9 Å². The third-order valence-corrected chi connectivity index (χ3v) is 3.57. The number of carboxylic acid groups (broad SMARTS) is 1. The van der Waals surface area contributed by atoms with Crippen molar-refractivity contribution in [2.24, 2.45) is 5.10 Å². The smallest absolute Gasteiger partial charge is 0.330 e. The van der Waals surface area contributed by atoms with Gasteiger partial charge in [-0.2, -0.15) is 5.10 Å². The van der Waals surface area contributed by atoms with Crippen LogP contribution in [0.4, 0.5) is 0 Å². The molecule has 0 spiro atoms. The molecule has 1 atom stereocenters. The van der Waals surface area contributed by atoms with E-state index in [4.69, 9.17) is 0 Å². The number of rotatable bonds is 4. The summed E-state index contributed by atoms with van der Waals surface area (Å²) in [6, 6.07) is 4.22. The van der Waals surface area contributed by atoms with Crippen LogP contribution in [0.25, 0.3) is 0 Å². The Morgan fingerprint density at radius 2 is 1.83 bits per heavy atom. The minimum Gasteiger partial charge on any atom is -0.479 e. The normalized spacial score (nSPS) is 15.9. The molecule has 0 aromatic heterocycles. The monoisotopic (exact) mass is 317 g/mol. The van der Waals surface area contributed by atoms with E-state index in [-0.39, 0.29) is 24.5 Å². The first-order chi connectivity index (χ1) is 10.8. The van der Waals surface area contributed by atoms with E-state index in [1.165, 1.54) is 7.05 Å². The quantitative estimate of drug-likeness (QED) is 0.870. The second kappa shape index (κ2) is 6.60. The number of carbonyl (C=O) groups excluding carboxylic acids is 2. The van der Waals surface area contributed by atoms with Crippen LogP contribution in [0.5, 0.6) is 0 Å². The molecule has 7 nitrogen and oxygen atoms in total. The van der Waals surface area contributed by atoms with Gasteiger partial charge in [0.05, 0.1) is 0 Å². The average Bonchev–Trinajstić information content (AvgIpc) is 2.45. The third-order valence-electron chi connectivity index (χ3n) is 3.57. The molecule has 1 unspecified atom stereocenters. The summed E-state index contributed by atoms with van der Waals surface area (Å²) in [6.45, 7) is 3.73. The first-order valence-corrected chi connectivity index (χ1v) is 7.24. The van der Waals surface area contributed by atoms with E-state index in [1.54, 1.807) is 12.1 Å². The zero-order chi connectivity index (χ0) is 17.1. The second-order valence-corrected chi connectivity index (χ2v) is 5.63. The number of carboxylic acids is 1. The van der Waals surface area contributed by atoms with E-state index in [0.29, 0.717) is 5.56 Å². The lowest BCUT2D eigenvalue weighted by Crippen LogP contribution is -2.41. The second-order valence-electron chi connectivity index (χ2n) is 5.63. The number of amides is 2. The van der Waals surface area contributed by atoms with Crippen LogP contribution < -0.4 is 5.32 Å². The van der Waals surface area contributed by atoms with E-state index < -0.39 is 17.9 Å². The molecule has 1 aliphatic heterocycles. The number of hydrogen-bond acceptors (Lipinski definition) is 4. The van der Waals surface area contributed by atoms with Gasteiger partial charge in [-0.25, -0.2) is 9.80 Å². The molecule has 2 amide bonds. The van der Waals surface area contributed by atoms with Gasteiger partial charge in [0, 0.05) is 19.9 Å². The Bertz CT molecular complexity index is 676. The lowest BCUT2D eigenvalue weighted by Gasteiger charge is -2.21. The number of carbonyl (C=O) groups is 3. The first-order valence-electron chi connectivity index (χ1n) is 7.24. The largest absolute Gasteiger partial charge is 0.479 e. The molecule has 1 aliphatic rings. The van der Waals surface area contributed by atoms with Crippen molar-refractivity contribution < 1.29 is 19.5 Å². The third kappa shape index (κ3) is 3.94. The van der Waals surface area contributed by atoms with Crippen LogP contribution in [0.15, 0.2) is 23.3 Å². The predicted molar refractivity (Wildman–Crippen MR) is 83.9 cm³/mol. The lowest BCUT2D eigenvalue weighted by atomic mass is 10.0. The number of aryl methyl sites for hydroxylation is 2. The number of benzene rings is 1. The molecule has 0 fully saturated rings. The summed E-state index contributed by atoms with van der Waals surface area (Å²) in [5.41, 5.74) is 2.49. The number of hydrogen-bond donors (Lipinski definition) is 2. The minimum atomic E-state index is -1.16. The highest BCUT2D eigenvalue weighted by Crippen LogP contribution is 2.18. The molecular weight excluding hydrogens is 298 g/mol. The maximum Gasteiger partial charge on any atom is 0.330 e. The molecule has 0 aliphatic carbocycles. The zero-order valence-corrected chi connectivity index (χ0v) is 13.3. The van der Waals surface area contributed by atoms with Gasteiger partial charge in [-0.05, 0) is 19.4 Å². The standard InChI is InChI=1S/C16H19N3O4/c1-9-6-10(2)8-11(7-9)14(16(22)23)17-15(21)12-4-5-13(20)19(3)18-12/h6-8,14H,4-5H2,1-3H3,(H,17,21)(H,22,23). The van der Waals surface area contributed by atoms with Crippen molar-refractivity contribution in [2.75, 3.05) is 7.05 Å². The molecule has 0 saturated carbocycles. The molecule has 1 aromatic rings. The fraction of sp³-hybridized carbons (Fsp3) is 0.375. The van der Waals surface area contributed by atoms with Gasteiger partial charge < -0.3 is 10.4 Å². The van der Waals surface area contributed by atoms with Gasteiger partial charge >= 0.3 is 5.97 Å². The van der Waals surface area contributed by atoms with Crippen LogP contribution in [0.1, 0.15) is 35.6 Å². The summed E-state index contributed by atoms with van der Waals surface area (Å²) < 4.78 is 0. The topological polar surface area (TPSA) is 99.1 Å². The van der Waals surface area contributed by atoms with Gasteiger partial charge in [0.1, 0.15) is 5.71 Å². The highest BCUT2D eigenvalue weighted by molar-refractivity contribution is 6.39. The average molecular weight is 317 g/mol. The molecule has 1 heterocycles. The highest BCUT2D eigenvalue weighted by Gasteiger charge is 2.27. The van der Waals surface area contributed by atoms with E-state index in [9.17, 15) is 19.5 Å². The molecule has 0 saturated heterocycles. The summed E-state index contributed by atoms with van der Waals surface area (Å²) in [7, 11) is 1.47. The van der Waals surface area contributed by atoms with E-state index >= 15 is 0 Å². The molecule has 7 heteroatoms. The van der Waals surface area contributed by atoms with Crippen molar-refractivity contribution >= 4 is 23.5 Å². The molecule has 122 valence electrons. The summed E-state index contributed by atoms with van der Waals surface area (Å²) >= 11 is 0. The van der Waals surface area contributed by atoms with Crippen LogP contribution in [-0.2, 0) is 14.4 Å². The Morgan fingerprint density at radius 3 is 2.35 bits per heavy atom. The SMILES string of the molecule is Cc1cc(C)cc(C(NC(=O)C2=NN(C)C(=O)CC2)C(=O)O)c1. The van der Waals surface area contributed by atoms with Crippen molar-refractivity contribution in [3.63, 3.8) is 0 Å². The van der Waals surface area contributed by atoms with Crippen LogP contribution >= 0.6 is 0 Å². The Morgan fingerprint density at radius 1 is 1.22 bits per heavy atom.